The van der Waals surface area contributed by atoms with Crippen molar-refractivity contribution in [1.29, 1.82) is 0 Å². The van der Waals surface area contributed by atoms with E-state index in [1.807, 2.05) is 0 Å². The number of nitrogen functional groups attached to an aromatic ring is 1. The predicted molar refractivity (Wildman–Crippen MR) is 72.6 cm³/mol. The van der Waals surface area contributed by atoms with Gasteiger partial charge in [-0.3, -0.25) is 4.79 Å². The summed E-state index contributed by atoms with van der Waals surface area (Å²) >= 11 is 6.07. The lowest BCUT2D eigenvalue weighted by atomic mass is 9.95. The molecule has 96 valence electrons. The maximum Gasteiger partial charge on any atom is 0.253 e. The molecule has 4 heteroatoms. The van der Waals surface area contributed by atoms with Crippen molar-refractivity contribution >= 4 is 23.2 Å². The molecule has 0 radical (unpaired) electrons. The van der Waals surface area contributed by atoms with E-state index < -0.39 is 0 Å². The number of halogens is 1. The molecule has 2 aliphatic rings. The van der Waals surface area contributed by atoms with E-state index in [1.165, 1.54) is 19.3 Å². The summed E-state index contributed by atoms with van der Waals surface area (Å²) in [6.45, 7) is 0. The van der Waals surface area contributed by atoms with Gasteiger partial charge >= 0.3 is 0 Å². The van der Waals surface area contributed by atoms with Crippen LogP contribution in [0.5, 0.6) is 0 Å². The zero-order valence-corrected chi connectivity index (χ0v) is 10.9. The Bertz CT molecular complexity index is 489. The summed E-state index contributed by atoms with van der Waals surface area (Å²) in [5.74, 6) is 1.39. The van der Waals surface area contributed by atoms with Crippen LogP contribution < -0.4 is 11.1 Å². The third kappa shape index (κ3) is 1.97. The number of hydrogen-bond donors (Lipinski definition) is 2. The number of anilines is 1. The van der Waals surface area contributed by atoms with Crippen LogP contribution in [0.3, 0.4) is 0 Å². The maximum atomic E-state index is 12.2. The largest absolute Gasteiger partial charge is 0.398 e. The Hall–Kier alpha value is -1.22. The van der Waals surface area contributed by atoms with E-state index in [1.54, 1.807) is 18.2 Å². The summed E-state index contributed by atoms with van der Waals surface area (Å²) in [6, 6.07) is 5.52. The monoisotopic (exact) mass is 264 g/mol. The van der Waals surface area contributed by atoms with Crippen LogP contribution in [0.2, 0.25) is 5.02 Å². The molecule has 2 fully saturated rings. The molecule has 1 aromatic carbocycles. The number of benzene rings is 1. The smallest absolute Gasteiger partial charge is 0.253 e. The van der Waals surface area contributed by atoms with Crippen molar-refractivity contribution in [3.63, 3.8) is 0 Å². The van der Waals surface area contributed by atoms with Gasteiger partial charge in [-0.25, -0.2) is 0 Å². The standard InChI is InChI=1S/C14H17ClN2O/c15-13-10(2-1-3-11(13)16)14(18)17-12-7-8-4-5-9(12)6-8/h1-3,8-9,12H,4-7,16H2,(H,17,18). The SMILES string of the molecule is Nc1cccc(C(=O)NC2CC3CCC2C3)c1Cl. The molecular formula is C14H17ClN2O. The molecule has 18 heavy (non-hydrogen) atoms. The van der Waals surface area contributed by atoms with Crippen molar-refractivity contribution in [2.75, 3.05) is 5.73 Å². The summed E-state index contributed by atoms with van der Waals surface area (Å²) in [4.78, 5) is 12.2. The minimum atomic E-state index is -0.0927. The first-order chi connectivity index (χ1) is 8.65. The molecule has 0 spiro atoms. The minimum Gasteiger partial charge on any atom is -0.398 e. The molecule has 1 aromatic rings. The van der Waals surface area contributed by atoms with E-state index >= 15 is 0 Å². The van der Waals surface area contributed by atoms with Crippen molar-refractivity contribution in [2.24, 2.45) is 11.8 Å². The van der Waals surface area contributed by atoms with E-state index in [9.17, 15) is 4.79 Å². The third-order valence-electron chi connectivity index (χ3n) is 4.33. The summed E-state index contributed by atoms with van der Waals surface area (Å²) in [7, 11) is 0. The first-order valence-corrected chi connectivity index (χ1v) is 6.88. The average Bonchev–Trinajstić information content (AvgIpc) is 2.94. The number of nitrogens with one attached hydrogen (secondary N) is 1. The van der Waals surface area contributed by atoms with Gasteiger partial charge in [0.1, 0.15) is 0 Å². The normalized spacial score (nSPS) is 29.5. The zero-order valence-electron chi connectivity index (χ0n) is 10.2. The molecule has 2 bridgehead atoms. The Morgan fingerprint density at radius 3 is 2.83 bits per heavy atom. The second-order valence-electron chi connectivity index (χ2n) is 5.46. The van der Waals surface area contributed by atoms with Crippen LogP contribution in [0, 0.1) is 11.8 Å². The first kappa shape index (κ1) is 11.8. The molecule has 0 aromatic heterocycles. The zero-order chi connectivity index (χ0) is 12.7. The number of hydrogen-bond acceptors (Lipinski definition) is 2. The molecule has 0 heterocycles. The average molecular weight is 265 g/mol. The van der Waals surface area contributed by atoms with Gasteiger partial charge in [-0.05, 0) is 43.2 Å². The number of fused-ring (bicyclic) bond motifs is 2. The highest BCUT2D eigenvalue weighted by Crippen LogP contribution is 2.44. The van der Waals surface area contributed by atoms with Crippen LogP contribution in [0.15, 0.2) is 18.2 Å². The van der Waals surface area contributed by atoms with Gasteiger partial charge in [-0.15, -0.1) is 0 Å². The van der Waals surface area contributed by atoms with Crippen molar-refractivity contribution < 1.29 is 4.79 Å². The topological polar surface area (TPSA) is 55.1 Å². The minimum absolute atomic E-state index is 0.0927. The van der Waals surface area contributed by atoms with Crippen molar-refractivity contribution in [3.05, 3.63) is 28.8 Å². The second-order valence-corrected chi connectivity index (χ2v) is 5.84. The first-order valence-electron chi connectivity index (χ1n) is 6.50. The number of carbonyl (C=O) groups is 1. The summed E-state index contributed by atoms with van der Waals surface area (Å²) < 4.78 is 0. The lowest BCUT2D eigenvalue weighted by Gasteiger charge is -2.23. The highest BCUT2D eigenvalue weighted by molar-refractivity contribution is 6.36. The molecule has 3 unspecified atom stereocenters. The van der Waals surface area contributed by atoms with Crippen molar-refractivity contribution in [3.8, 4) is 0 Å². The molecule has 3 atom stereocenters. The molecule has 0 saturated heterocycles. The van der Waals surface area contributed by atoms with Crippen LogP contribution in [0.4, 0.5) is 5.69 Å². The molecule has 1 amide bonds. The van der Waals surface area contributed by atoms with Crippen LogP contribution >= 0.6 is 11.6 Å². The highest BCUT2D eigenvalue weighted by atomic mass is 35.5. The lowest BCUT2D eigenvalue weighted by Crippen LogP contribution is -2.38. The quantitative estimate of drug-likeness (QED) is 0.807. The van der Waals surface area contributed by atoms with Gasteiger partial charge in [0.05, 0.1) is 16.3 Å². The van der Waals surface area contributed by atoms with E-state index in [2.05, 4.69) is 5.32 Å². The van der Waals surface area contributed by atoms with Gasteiger partial charge in [-0.2, -0.15) is 0 Å². The van der Waals surface area contributed by atoms with E-state index in [0.29, 0.717) is 28.2 Å². The van der Waals surface area contributed by atoms with Gasteiger partial charge in [0.25, 0.3) is 5.91 Å². The second kappa shape index (κ2) is 4.47. The molecule has 3 N–H and O–H groups in total. The Morgan fingerprint density at radius 2 is 2.17 bits per heavy atom. The molecule has 3 rings (SSSR count). The van der Waals surface area contributed by atoms with Gasteiger partial charge in [0.2, 0.25) is 0 Å². The van der Waals surface area contributed by atoms with Crippen molar-refractivity contribution in [2.45, 2.75) is 31.7 Å². The fourth-order valence-electron chi connectivity index (χ4n) is 3.39. The van der Waals surface area contributed by atoms with E-state index in [-0.39, 0.29) is 5.91 Å². The Balaban J connectivity index is 1.73. The molecule has 2 saturated carbocycles. The van der Waals surface area contributed by atoms with Crippen LogP contribution in [0.1, 0.15) is 36.0 Å². The number of amides is 1. The van der Waals surface area contributed by atoms with Gasteiger partial charge < -0.3 is 11.1 Å². The Labute approximate surface area is 112 Å². The van der Waals surface area contributed by atoms with Crippen LogP contribution in [0.25, 0.3) is 0 Å². The molecule has 2 aliphatic carbocycles. The summed E-state index contributed by atoms with van der Waals surface area (Å²) in [5.41, 5.74) is 6.66. The van der Waals surface area contributed by atoms with Crippen molar-refractivity contribution in [1.82, 2.24) is 5.32 Å². The summed E-state index contributed by atoms with van der Waals surface area (Å²) in [5, 5.41) is 3.48. The number of rotatable bonds is 2. The van der Waals surface area contributed by atoms with E-state index in [0.717, 1.165) is 12.3 Å². The fourth-order valence-corrected chi connectivity index (χ4v) is 3.60. The third-order valence-corrected chi connectivity index (χ3v) is 4.75. The summed E-state index contributed by atoms with van der Waals surface area (Å²) in [6.07, 6.45) is 4.97. The van der Waals surface area contributed by atoms with Gasteiger partial charge in [-0.1, -0.05) is 24.1 Å². The van der Waals surface area contributed by atoms with Crippen LogP contribution in [-0.2, 0) is 0 Å². The van der Waals surface area contributed by atoms with Gasteiger partial charge in [0.15, 0.2) is 0 Å². The molecular weight excluding hydrogens is 248 g/mol. The lowest BCUT2D eigenvalue weighted by molar-refractivity contribution is 0.0923. The molecule has 0 aliphatic heterocycles. The maximum absolute atomic E-state index is 12.2. The Kier molecular flexibility index (Phi) is 2.94. The predicted octanol–water partition coefficient (Wildman–Crippen LogP) is 2.84. The Morgan fingerprint density at radius 1 is 1.33 bits per heavy atom. The van der Waals surface area contributed by atoms with Gasteiger partial charge in [0, 0.05) is 6.04 Å². The highest BCUT2D eigenvalue weighted by Gasteiger charge is 2.40. The fraction of sp³-hybridized carbons (Fsp3) is 0.500. The van der Waals surface area contributed by atoms with Crippen LogP contribution in [-0.4, -0.2) is 11.9 Å². The molecule has 3 nitrogen and oxygen atoms in total. The number of carbonyl (C=O) groups excluding carboxylic acids is 1. The van der Waals surface area contributed by atoms with E-state index in [4.69, 9.17) is 17.3 Å². The number of nitrogens with two attached hydrogens (primary N) is 1.